The van der Waals surface area contributed by atoms with Crippen molar-refractivity contribution < 1.29 is 4.79 Å². The Morgan fingerprint density at radius 2 is 1.91 bits per heavy atom. The van der Waals surface area contributed by atoms with E-state index in [2.05, 4.69) is 33.9 Å². The molecule has 0 spiro atoms. The highest BCUT2D eigenvalue weighted by Gasteiger charge is 2.29. The molecule has 3 rings (SSSR count). The smallest absolute Gasteiger partial charge is 0.257 e. The lowest BCUT2D eigenvalue weighted by Crippen LogP contribution is -2.54. The van der Waals surface area contributed by atoms with Gasteiger partial charge in [0, 0.05) is 37.6 Å². The number of carbonyl (C=O) groups excluding carboxylic acids is 1. The number of anilines is 1. The maximum atomic E-state index is 12.8. The molecule has 0 radical (unpaired) electrons. The molecule has 2 aromatic rings. The second kappa shape index (κ2) is 6.36. The molecule has 1 unspecified atom stereocenters. The molecule has 5 nitrogen and oxygen atoms in total. The number of amides is 1. The molecule has 1 aromatic carbocycles. The number of rotatable bonds is 2. The molecule has 0 saturated carbocycles. The van der Waals surface area contributed by atoms with Gasteiger partial charge in [-0.25, -0.2) is 9.97 Å². The maximum Gasteiger partial charge on any atom is 0.257 e. The molecule has 2 heterocycles. The lowest BCUT2D eigenvalue weighted by atomic mass is 10.1. The molecular weight excluding hydrogens is 288 g/mol. The third-order valence-corrected chi connectivity index (χ3v) is 4.34. The molecule has 5 heteroatoms. The first-order chi connectivity index (χ1) is 11.1. The van der Waals surface area contributed by atoms with Gasteiger partial charge in [0.15, 0.2) is 0 Å². The number of benzene rings is 1. The summed E-state index contributed by atoms with van der Waals surface area (Å²) in [5, 5.41) is 0. The van der Waals surface area contributed by atoms with Crippen molar-refractivity contribution in [1.82, 2.24) is 14.9 Å². The van der Waals surface area contributed by atoms with Gasteiger partial charge in [0.2, 0.25) is 0 Å². The van der Waals surface area contributed by atoms with E-state index in [1.807, 2.05) is 36.9 Å². The number of carbonyl (C=O) groups is 1. The third kappa shape index (κ3) is 3.18. The van der Waals surface area contributed by atoms with Gasteiger partial charge in [-0.1, -0.05) is 18.2 Å². The quantitative estimate of drug-likeness (QED) is 0.855. The first kappa shape index (κ1) is 15.5. The summed E-state index contributed by atoms with van der Waals surface area (Å²) in [7, 11) is 0. The lowest BCUT2D eigenvalue weighted by Gasteiger charge is -2.41. The van der Waals surface area contributed by atoms with E-state index in [0.717, 1.165) is 18.8 Å². The normalized spacial score (nSPS) is 18.1. The summed E-state index contributed by atoms with van der Waals surface area (Å²) in [4.78, 5) is 25.6. The van der Waals surface area contributed by atoms with E-state index in [1.165, 1.54) is 5.69 Å². The van der Waals surface area contributed by atoms with Crippen LogP contribution < -0.4 is 4.90 Å². The molecule has 1 aromatic heterocycles. The Labute approximate surface area is 137 Å². The van der Waals surface area contributed by atoms with Gasteiger partial charge in [0.25, 0.3) is 5.91 Å². The molecule has 0 aliphatic carbocycles. The van der Waals surface area contributed by atoms with Crippen LogP contribution in [0.1, 0.15) is 28.8 Å². The molecule has 23 heavy (non-hydrogen) atoms. The fourth-order valence-electron chi connectivity index (χ4n) is 3.08. The van der Waals surface area contributed by atoms with Crippen LogP contribution in [0.2, 0.25) is 0 Å². The molecule has 1 aliphatic heterocycles. The Hall–Kier alpha value is -2.43. The summed E-state index contributed by atoms with van der Waals surface area (Å²) in [5.74, 6) is 0.726. The molecular formula is C18H22N4O. The van der Waals surface area contributed by atoms with Gasteiger partial charge < -0.3 is 9.80 Å². The largest absolute Gasteiger partial charge is 0.368 e. The van der Waals surface area contributed by atoms with Gasteiger partial charge in [0.05, 0.1) is 11.3 Å². The SMILES string of the molecule is Cc1ncc(C(=O)N2CCN(c3ccccc3)CC2C)c(C)n1. The van der Waals surface area contributed by atoms with E-state index < -0.39 is 0 Å². The number of aromatic nitrogens is 2. The first-order valence-electron chi connectivity index (χ1n) is 7.97. The van der Waals surface area contributed by atoms with Gasteiger partial charge in [-0.15, -0.1) is 0 Å². The zero-order chi connectivity index (χ0) is 16.4. The highest BCUT2D eigenvalue weighted by Crippen LogP contribution is 2.20. The average molecular weight is 310 g/mol. The van der Waals surface area contributed by atoms with Crippen molar-refractivity contribution in [1.29, 1.82) is 0 Å². The Bertz CT molecular complexity index is 701. The van der Waals surface area contributed by atoms with Crippen LogP contribution in [-0.4, -0.2) is 46.5 Å². The Morgan fingerprint density at radius 1 is 1.17 bits per heavy atom. The average Bonchev–Trinajstić information content (AvgIpc) is 2.55. The molecule has 1 aliphatic rings. The zero-order valence-electron chi connectivity index (χ0n) is 13.9. The van der Waals surface area contributed by atoms with Gasteiger partial charge in [0.1, 0.15) is 5.82 Å². The monoisotopic (exact) mass is 310 g/mol. The van der Waals surface area contributed by atoms with Crippen LogP contribution in [0.25, 0.3) is 0 Å². The van der Waals surface area contributed by atoms with Gasteiger partial charge in [-0.05, 0) is 32.9 Å². The minimum Gasteiger partial charge on any atom is -0.368 e. The van der Waals surface area contributed by atoms with Gasteiger partial charge in [-0.3, -0.25) is 4.79 Å². The van der Waals surface area contributed by atoms with Gasteiger partial charge in [-0.2, -0.15) is 0 Å². The van der Waals surface area contributed by atoms with Crippen LogP contribution in [0.5, 0.6) is 0 Å². The molecule has 1 atom stereocenters. The maximum absolute atomic E-state index is 12.8. The molecule has 0 bridgehead atoms. The summed E-state index contributed by atoms with van der Waals surface area (Å²) in [5.41, 5.74) is 2.57. The third-order valence-electron chi connectivity index (χ3n) is 4.34. The fraction of sp³-hybridized carbons (Fsp3) is 0.389. The Kier molecular flexibility index (Phi) is 4.28. The summed E-state index contributed by atoms with van der Waals surface area (Å²) in [6.45, 7) is 8.18. The van der Waals surface area contributed by atoms with Crippen molar-refractivity contribution in [3.8, 4) is 0 Å². The topological polar surface area (TPSA) is 49.3 Å². The minimum atomic E-state index is 0.0303. The summed E-state index contributed by atoms with van der Waals surface area (Å²) in [6.07, 6.45) is 1.65. The number of para-hydroxylation sites is 1. The number of nitrogens with zero attached hydrogens (tertiary/aromatic N) is 4. The molecule has 1 saturated heterocycles. The number of hydrogen-bond acceptors (Lipinski definition) is 4. The lowest BCUT2D eigenvalue weighted by molar-refractivity contribution is 0.0672. The number of piperazine rings is 1. The van der Waals surface area contributed by atoms with Crippen LogP contribution in [0.3, 0.4) is 0 Å². The second-order valence-corrected chi connectivity index (χ2v) is 6.05. The van der Waals surface area contributed by atoms with Crippen molar-refractivity contribution in [3.63, 3.8) is 0 Å². The molecule has 1 amide bonds. The Morgan fingerprint density at radius 3 is 2.57 bits per heavy atom. The Balaban J connectivity index is 1.74. The van der Waals surface area contributed by atoms with Crippen LogP contribution in [-0.2, 0) is 0 Å². The number of aryl methyl sites for hydroxylation is 2. The van der Waals surface area contributed by atoms with E-state index in [0.29, 0.717) is 17.9 Å². The van der Waals surface area contributed by atoms with Crippen molar-refractivity contribution in [2.45, 2.75) is 26.8 Å². The van der Waals surface area contributed by atoms with E-state index in [1.54, 1.807) is 6.20 Å². The van der Waals surface area contributed by atoms with E-state index in [4.69, 9.17) is 0 Å². The van der Waals surface area contributed by atoms with Crippen LogP contribution in [0, 0.1) is 13.8 Å². The second-order valence-electron chi connectivity index (χ2n) is 6.05. The van der Waals surface area contributed by atoms with Crippen molar-refractivity contribution in [2.75, 3.05) is 24.5 Å². The van der Waals surface area contributed by atoms with E-state index in [-0.39, 0.29) is 11.9 Å². The summed E-state index contributed by atoms with van der Waals surface area (Å²) >= 11 is 0. The predicted molar refractivity (Wildman–Crippen MR) is 90.7 cm³/mol. The van der Waals surface area contributed by atoms with Crippen LogP contribution in [0.4, 0.5) is 5.69 Å². The van der Waals surface area contributed by atoms with Crippen LogP contribution in [0.15, 0.2) is 36.5 Å². The van der Waals surface area contributed by atoms with Crippen molar-refractivity contribution in [3.05, 3.63) is 53.6 Å². The molecule has 120 valence electrons. The van der Waals surface area contributed by atoms with Crippen molar-refractivity contribution >= 4 is 11.6 Å². The number of hydrogen-bond donors (Lipinski definition) is 0. The minimum absolute atomic E-state index is 0.0303. The van der Waals surface area contributed by atoms with Crippen LogP contribution >= 0.6 is 0 Å². The van der Waals surface area contributed by atoms with E-state index >= 15 is 0 Å². The summed E-state index contributed by atoms with van der Waals surface area (Å²) in [6, 6.07) is 10.5. The fourth-order valence-corrected chi connectivity index (χ4v) is 3.08. The van der Waals surface area contributed by atoms with E-state index in [9.17, 15) is 4.79 Å². The van der Waals surface area contributed by atoms with Crippen molar-refractivity contribution in [2.24, 2.45) is 0 Å². The van der Waals surface area contributed by atoms with Gasteiger partial charge >= 0.3 is 0 Å². The first-order valence-corrected chi connectivity index (χ1v) is 7.97. The molecule has 1 fully saturated rings. The summed E-state index contributed by atoms with van der Waals surface area (Å²) < 4.78 is 0. The molecule has 0 N–H and O–H groups in total. The predicted octanol–water partition coefficient (Wildman–Crippen LogP) is 2.44. The highest BCUT2D eigenvalue weighted by atomic mass is 16.2. The highest BCUT2D eigenvalue weighted by molar-refractivity contribution is 5.95. The standard InChI is InChI=1S/C18H22N4O/c1-13-12-21(16-7-5-4-6-8-16)9-10-22(13)18(23)17-11-19-15(3)20-14(17)2/h4-8,11,13H,9-10,12H2,1-3H3. The zero-order valence-corrected chi connectivity index (χ0v) is 13.9.